The zero-order valence-electron chi connectivity index (χ0n) is 20.3. The SMILES string of the molecule is Cc1cccc2c(C(=O)N3CCC(c4cc(CN)ccc4F)CC3)cn(CCn3ccnc3)c12.Cl.Cl. The molecule has 0 radical (unpaired) electrons. The summed E-state index contributed by atoms with van der Waals surface area (Å²) in [6.07, 6.45) is 9.01. The highest BCUT2D eigenvalue weighted by Gasteiger charge is 2.28. The summed E-state index contributed by atoms with van der Waals surface area (Å²) in [5.41, 5.74) is 10.4. The summed E-state index contributed by atoms with van der Waals surface area (Å²) < 4.78 is 18.7. The number of hydrogen-bond acceptors (Lipinski definition) is 3. The molecule has 0 saturated carbocycles. The largest absolute Gasteiger partial charge is 0.345 e. The number of para-hydroxylation sites is 1. The zero-order valence-corrected chi connectivity index (χ0v) is 21.9. The number of fused-ring (bicyclic) bond motifs is 1. The summed E-state index contributed by atoms with van der Waals surface area (Å²) in [4.78, 5) is 19.6. The van der Waals surface area contributed by atoms with E-state index in [-0.39, 0.29) is 42.5 Å². The fourth-order valence-corrected chi connectivity index (χ4v) is 5.13. The molecule has 4 aromatic rings. The lowest BCUT2D eigenvalue weighted by molar-refractivity contribution is 0.0714. The van der Waals surface area contributed by atoms with Gasteiger partial charge in [0, 0.05) is 56.7 Å². The second kappa shape index (κ2) is 11.9. The van der Waals surface area contributed by atoms with Crippen molar-refractivity contribution in [2.24, 2.45) is 5.73 Å². The summed E-state index contributed by atoms with van der Waals surface area (Å²) in [6, 6.07) is 11.3. The number of nitrogens with two attached hydrogens (primary N) is 1. The Kier molecular flexibility index (Phi) is 9.17. The topological polar surface area (TPSA) is 69.1 Å². The monoisotopic (exact) mass is 531 g/mol. The minimum atomic E-state index is -0.182. The van der Waals surface area contributed by atoms with Gasteiger partial charge in [0.2, 0.25) is 0 Å². The van der Waals surface area contributed by atoms with E-state index in [1.165, 1.54) is 6.07 Å². The molecule has 5 rings (SSSR count). The Labute approximate surface area is 223 Å². The van der Waals surface area contributed by atoms with E-state index in [0.717, 1.165) is 59.1 Å². The number of carbonyl (C=O) groups is 1. The highest BCUT2D eigenvalue weighted by atomic mass is 35.5. The number of rotatable bonds is 6. The third kappa shape index (κ3) is 5.43. The van der Waals surface area contributed by atoms with Crippen LogP contribution in [0.3, 0.4) is 0 Å². The van der Waals surface area contributed by atoms with E-state index < -0.39 is 0 Å². The Morgan fingerprint density at radius 3 is 2.61 bits per heavy atom. The van der Waals surface area contributed by atoms with Gasteiger partial charge in [0.05, 0.1) is 17.4 Å². The summed E-state index contributed by atoms with van der Waals surface area (Å²) >= 11 is 0. The number of amides is 1. The molecule has 3 heterocycles. The van der Waals surface area contributed by atoms with Crippen LogP contribution in [-0.2, 0) is 19.6 Å². The van der Waals surface area contributed by atoms with E-state index in [1.54, 1.807) is 18.6 Å². The number of benzene rings is 2. The number of likely N-dealkylation sites (tertiary alicyclic amines) is 1. The Morgan fingerprint density at radius 1 is 1.14 bits per heavy atom. The number of hydrogen-bond donors (Lipinski definition) is 1. The van der Waals surface area contributed by atoms with Gasteiger partial charge in [0.1, 0.15) is 5.82 Å². The van der Waals surface area contributed by atoms with Crippen LogP contribution in [0.5, 0.6) is 0 Å². The second-order valence-corrected chi connectivity index (χ2v) is 9.13. The van der Waals surface area contributed by atoms with Crippen LogP contribution in [0.1, 0.15) is 45.8 Å². The highest BCUT2D eigenvalue weighted by molar-refractivity contribution is 6.07. The molecule has 1 amide bonds. The Hall–Kier alpha value is -2.87. The number of nitrogens with zero attached hydrogens (tertiary/aromatic N) is 4. The van der Waals surface area contributed by atoms with Crippen LogP contribution in [0.2, 0.25) is 0 Å². The second-order valence-electron chi connectivity index (χ2n) is 9.13. The molecule has 2 aromatic carbocycles. The first-order chi connectivity index (χ1) is 16.5. The van der Waals surface area contributed by atoms with Crippen molar-refractivity contribution in [2.45, 2.75) is 45.3 Å². The molecule has 0 spiro atoms. The maximum Gasteiger partial charge on any atom is 0.256 e. The van der Waals surface area contributed by atoms with Crippen molar-refractivity contribution in [2.75, 3.05) is 13.1 Å². The maximum absolute atomic E-state index is 14.5. The van der Waals surface area contributed by atoms with Crippen LogP contribution in [-0.4, -0.2) is 38.0 Å². The van der Waals surface area contributed by atoms with Crippen molar-refractivity contribution >= 4 is 41.6 Å². The molecule has 2 N–H and O–H groups in total. The van der Waals surface area contributed by atoms with E-state index >= 15 is 0 Å². The smallest absolute Gasteiger partial charge is 0.256 e. The molecule has 0 unspecified atom stereocenters. The predicted octanol–water partition coefficient (Wildman–Crippen LogP) is 5.31. The minimum absolute atomic E-state index is 0. The number of carbonyl (C=O) groups excluding carboxylic acids is 1. The van der Waals surface area contributed by atoms with Gasteiger partial charge in [-0.15, -0.1) is 24.8 Å². The van der Waals surface area contributed by atoms with E-state index in [4.69, 9.17) is 5.73 Å². The average molecular weight is 532 g/mol. The van der Waals surface area contributed by atoms with Crippen molar-refractivity contribution in [1.82, 2.24) is 19.0 Å². The van der Waals surface area contributed by atoms with Gasteiger partial charge in [0.25, 0.3) is 5.91 Å². The number of aromatic nitrogens is 3. The summed E-state index contributed by atoms with van der Waals surface area (Å²) in [7, 11) is 0. The van der Waals surface area contributed by atoms with Gasteiger partial charge >= 0.3 is 0 Å². The molecule has 2 aromatic heterocycles. The van der Waals surface area contributed by atoms with Gasteiger partial charge < -0.3 is 19.8 Å². The molecule has 6 nitrogen and oxygen atoms in total. The molecule has 1 aliphatic heterocycles. The van der Waals surface area contributed by atoms with Crippen molar-refractivity contribution < 1.29 is 9.18 Å². The summed E-state index contributed by atoms with van der Waals surface area (Å²) in [6.45, 7) is 5.25. The Balaban J connectivity index is 0.00000180. The van der Waals surface area contributed by atoms with Gasteiger partial charge in [-0.1, -0.05) is 30.3 Å². The molecule has 0 bridgehead atoms. The number of piperidine rings is 1. The predicted molar refractivity (Wildman–Crippen MR) is 146 cm³/mol. The van der Waals surface area contributed by atoms with E-state index in [1.807, 2.05) is 40.1 Å². The lowest BCUT2D eigenvalue weighted by Gasteiger charge is -2.32. The van der Waals surface area contributed by atoms with Gasteiger partial charge in [-0.3, -0.25) is 4.79 Å². The third-order valence-electron chi connectivity index (χ3n) is 7.01. The average Bonchev–Trinajstić information content (AvgIpc) is 3.51. The van der Waals surface area contributed by atoms with Crippen molar-refractivity contribution in [1.29, 1.82) is 0 Å². The van der Waals surface area contributed by atoms with Gasteiger partial charge in [-0.05, 0) is 48.4 Å². The van der Waals surface area contributed by atoms with Crippen LogP contribution >= 0.6 is 24.8 Å². The number of halogens is 3. The minimum Gasteiger partial charge on any atom is -0.345 e. The van der Waals surface area contributed by atoms with E-state index in [0.29, 0.717) is 19.6 Å². The third-order valence-corrected chi connectivity index (χ3v) is 7.01. The first kappa shape index (κ1) is 27.7. The molecular formula is C27H32Cl2FN5O. The lowest BCUT2D eigenvalue weighted by atomic mass is 9.88. The van der Waals surface area contributed by atoms with Crippen LogP contribution in [0.25, 0.3) is 10.9 Å². The Bertz CT molecular complexity index is 1310. The maximum atomic E-state index is 14.5. The van der Waals surface area contributed by atoms with Crippen molar-refractivity contribution in [3.8, 4) is 0 Å². The van der Waals surface area contributed by atoms with Crippen LogP contribution in [0.15, 0.2) is 61.3 Å². The highest BCUT2D eigenvalue weighted by Crippen LogP contribution is 2.32. The lowest BCUT2D eigenvalue weighted by Crippen LogP contribution is -2.38. The standard InChI is InChI=1S/C27H30FN5O.2ClH/c1-19-3-2-4-22-24(17-33(26(19)22)14-13-31-12-9-30-18-31)27(34)32-10-7-21(8-11-32)23-15-20(16-29)5-6-25(23)28;;/h2-6,9,12,15,17-18,21H,7-8,10-11,13-14,16,29H2,1H3;2*1H. The summed E-state index contributed by atoms with van der Waals surface area (Å²) in [5.74, 6) is -0.0284. The molecule has 0 aliphatic carbocycles. The molecule has 192 valence electrons. The van der Waals surface area contributed by atoms with Gasteiger partial charge in [-0.2, -0.15) is 0 Å². The molecule has 1 saturated heterocycles. The van der Waals surface area contributed by atoms with Crippen molar-refractivity contribution in [3.05, 3.63) is 89.4 Å². The van der Waals surface area contributed by atoms with E-state index in [9.17, 15) is 9.18 Å². The van der Waals surface area contributed by atoms with Crippen LogP contribution < -0.4 is 5.73 Å². The molecule has 0 atom stereocenters. The molecule has 1 aliphatic rings. The fraction of sp³-hybridized carbons (Fsp3) is 0.333. The normalized spacial score (nSPS) is 13.9. The van der Waals surface area contributed by atoms with E-state index in [2.05, 4.69) is 22.5 Å². The number of aryl methyl sites for hydroxylation is 3. The quantitative estimate of drug-likeness (QED) is 0.366. The zero-order chi connectivity index (χ0) is 23.7. The van der Waals surface area contributed by atoms with Gasteiger partial charge in [-0.25, -0.2) is 9.37 Å². The van der Waals surface area contributed by atoms with Crippen LogP contribution in [0.4, 0.5) is 4.39 Å². The first-order valence-electron chi connectivity index (χ1n) is 11.9. The molecule has 1 fully saturated rings. The summed E-state index contributed by atoms with van der Waals surface area (Å²) in [5, 5.41) is 0.986. The van der Waals surface area contributed by atoms with Gasteiger partial charge in [0.15, 0.2) is 0 Å². The Morgan fingerprint density at radius 2 is 1.92 bits per heavy atom. The van der Waals surface area contributed by atoms with Crippen LogP contribution in [0, 0.1) is 12.7 Å². The molecule has 36 heavy (non-hydrogen) atoms. The molecule has 9 heteroatoms. The van der Waals surface area contributed by atoms with Crippen molar-refractivity contribution in [3.63, 3.8) is 0 Å². The fourth-order valence-electron chi connectivity index (χ4n) is 5.13. The molecular weight excluding hydrogens is 500 g/mol. The first-order valence-corrected chi connectivity index (χ1v) is 11.9. The number of imidazole rings is 1.